The predicted octanol–water partition coefficient (Wildman–Crippen LogP) is 3.42. The van der Waals surface area contributed by atoms with Gasteiger partial charge in [-0.3, -0.25) is 4.79 Å². The number of aryl methyl sites for hydroxylation is 1. The summed E-state index contributed by atoms with van der Waals surface area (Å²) in [6.07, 6.45) is 3.11. The summed E-state index contributed by atoms with van der Waals surface area (Å²) < 4.78 is 0. The summed E-state index contributed by atoms with van der Waals surface area (Å²) in [6, 6.07) is 5.86. The van der Waals surface area contributed by atoms with Crippen LogP contribution in [-0.2, 0) is 12.8 Å². The Morgan fingerprint density at radius 3 is 3.06 bits per heavy atom. The summed E-state index contributed by atoms with van der Waals surface area (Å²) in [7, 11) is 0. The molecule has 0 saturated carbocycles. The number of nitrogens with one attached hydrogen (secondary N) is 1. The van der Waals surface area contributed by atoms with Crippen LogP contribution in [0.2, 0.25) is 0 Å². The molecule has 0 saturated heterocycles. The van der Waals surface area contributed by atoms with Crippen molar-refractivity contribution in [2.45, 2.75) is 19.3 Å². The molecule has 1 aliphatic carbocycles. The highest BCUT2D eigenvalue weighted by atomic mass is 32.1. The van der Waals surface area contributed by atoms with E-state index in [9.17, 15) is 10.1 Å². The van der Waals surface area contributed by atoms with Gasteiger partial charge in [0.1, 0.15) is 11.1 Å². The number of thiophene rings is 2. The molecule has 0 atom stereocenters. The van der Waals surface area contributed by atoms with Gasteiger partial charge in [0.05, 0.1) is 10.4 Å². The van der Waals surface area contributed by atoms with Crippen LogP contribution in [0.5, 0.6) is 0 Å². The van der Waals surface area contributed by atoms with E-state index in [0.29, 0.717) is 15.4 Å². The average Bonchev–Trinajstić information content (AvgIpc) is 3.04. The van der Waals surface area contributed by atoms with E-state index in [0.717, 1.165) is 24.8 Å². The molecule has 90 valence electrons. The van der Waals surface area contributed by atoms with E-state index in [2.05, 4.69) is 11.4 Å². The number of anilines is 1. The third-order valence-electron chi connectivity index (χ3n) is 3.01. The van der Waals surface area contributed by atoms with Crippen LogP contribution in [0.25, 0.3) is 0 Å². The topological polar surface area (TPSA) is 52.9 Å². The van der Waals surface area contributed by atoms with Crippen molar-refractivity contribution in [3.05, 3.63) is 38.4 Å². The number of amides is 1. The molecule has 0 fully saturated rings. The average molecular weight is 274 g/mol. The highest BCUT2D eigenvalue weighted by Crippen LogP contribution is 2.38. The second-order valence-corrected chi connectivity index (χ2v) is 6.16. The molecule has 3 nitrogen and oxygen atoms in total. The molecule has 0 spiro atoms. The van der Waals surface area contributed by atoms with Crippen LogP contribution >= 0.6 is 22.7 Å². The largest absolute Gasteiger partial charge is 0.312 e. The maximum absolute atomic E-state index is 12.0. The van der Waals surface area contributed by atoms with Crippen molar-refractivity contribution in [2.75, 3.05) is 5.32 Å². The first kappa shape index (κ1) is 11.5. The third kappa shape index (κ3) is 1.84. The maximum atomic E-state index is 12.0. The highest BCUT2D eigenvalue weighted by molar-refractivity contribution is 7.17. The molecule has 1 amide bonds. The van der Waals surface area contributed by atoms with Crippen LogP contribution in [0, 0.1) is 11.3 Å². The second kappa shape index (κ2) is 4.56. The Bertz CT molecular complexity index is 635. The number of nitriles is 1. The van der Waals surface area contributed by atoms with Crippen LogP contribution < -0.4 is 5.32 Å². The molecular weight excluding hydrogens is 264 g/mol. The van der Waals surface area contributed by atoms with Crippen LogP contribution in [0.1, 0.15) is 32.1 Å². The van der Waals surface area contributed by atoms with Crippen molar-refractivity contribution in [1.82, 2.24) is 0 Å². The Balaban J connectivity index is 1.90. The first-order valence-electron chi connectivity index (χ1n) is 5.69. The summed E-state index contributed by atoms with van der Waals surface area (Å²) >= 11 is 2.95. The van der Waals surface area contributed by atoms with Crippen molar-refractivity contribution < 1.29 is 4.79 Å². The van der Waals surface area contributed by atoms with Crippen molar-refractivity contribution in [3.8, 4) is 6.07 Å². The monoisotopic (exact) mass is 274 g/mol. The first-order chi connectivity index (χ1) is 8.79. The van der Waals surface area contributed by atoms with E-state index in [-0.39, 0.29) is 5.91 Å². The molecule has 2 aromatic rings. The lowest BCUT2D eigenvalue weighted by molar-refractivity contribution is 0.103. The van der Waals surface area contributed by atoms with Crippen molar-refractivity contribution in [3.63, 3.8) is 0 Å². The lowest BCUT2D eigenvalue weighted by Crippen LogP contribution is -2.09. The molecule has 5 heteroatoms. The number of fused-ring (bicyclic) bond motifs is 1. The molecular formula is C13H10N2OS2. The van der Waals surface area contributed by atoms with E-state index in [1.807, 2.05) is 11.4 Å². The fourth-order valence-corrected chi connectivity index (χ4v) is 4.04. The minimum atomic E-state index is -0.124. The fraction of sp³-hybridized carbons (Fsp3) is 0.231. The van der Waals surface area contributed by atoms with E-state index in [1.54, 1.807) is 17.4 Å². The predicted molar refractivity (Wildman–Crippen MR) is 73.3 cm³/mol. The van der Waals surface area contributed by atoms with Crippen molar-refractivity contribution >= 4 is 33.6 Å². The third-order valence-corrected chi connectivity index (χ3v) is 5.08. The van der Waals surface area contributed by atoms with Gasteiger partial charge < -0.3 is 5.32 Å². The Morgan fingerprint density at radius 2 is 2.33 bits per heavy atom. The van der Waals surface area contributed by atoms with Gasteiger partial charge in [-0.1, -0.05) is 6.07 Å². The number of carbonyl (C=O) groups is 1. The lowest BCUT2D eigenvalue weighted by atomic mass is 10.1. The van der Waals surface area contributed by atoms with Gasteiger partial charge in [-0.2, -0.15) is 5.26 Å². The van der Waals surface area contributed by atoms with Gasteiger partial charge in [-0.15, -0.1) is 22.7 Å². The van der Waals surface area contributed by atoms with E-state index in [1.165, 1.54) is 16.2 Å². The summed E-state index contributed by atoms with van der Waals surface area (Å²) in [4.78, 5) is 13.9. The lowest BCUT2D eigenvalue weighted by Gasteiger charge is -2.01. The molecule has 0 bridgehead atoms. The van der Waals surface area contributed by atoms with Gasteiger partial charge in [-0.05, 0) is 36.3 Å². The molecule has 2 heterocycles. The zero-order valence-electron chi connectivity index (χ0n) is 9.53. The zero-order chi connectivity index (χ0) is 12.5. The number of hydrogen-bond donors (Lipinski definition) is 1. The summed E-state index contributed by atoms with van der Waals surface area (Å²) in [5.74, 6) is -0.124. The van der Waals surface area contributed by atoms with Crippen LogP contribution in [-0.4, -0.2) is 5.91 Å². The van der Waals surface area contributed by atoms with Crippen molar-refractivity contribution in [1.29, 1.82) is 5.26 Å². The van der Waals surface area contributed by atoms with Gasteiger partial charge >= 0.3 is 0 Å². The molecule has 0 aromatic carbocycles. The molecule has 1 aliphatic rings. The number of carbonyl (C=O) groups excluding carboxylic acids is 1. The molecule has 0 radical (unpaired) electrons. The quantitative estimate of drug-likeness (QED) is 0.912. The SMILES string of the molecule is N#Cc1c(NC(=O)c2cccs2)sc2c1CCC2. The van der Waals surface area contributed by atoms with E-state index >= 15 is 0 Å². The Morgan fingerprint density at radius 1 is 1.44 bits per heavy atom. The summed E-state index contributed by atoms with van der Waals surface area (Å²) in [5.41, 5.74) is 1.81. The molecule has 0 unspecified atom stereocenters. The molecule has 18 heavy (non-hydrogen) atoms. The van der Waals surface area contributed by atoms with Gasteiger partial charge in [0.2, 0.25) is 0 Å². The van der Waals surface area contributed by atoms with Gasteiger partial charge in [-0.25, -0.2) is 0 Å². The fourth-order valence-electron chi connectivity index (χ4n) is 2.18. The molecule has 3 rings (SSSR count). The summed E-state index contributed by atoms with van der Waals surface area (Å²) in [5, 5.41) is 14.7. The minimum absolute atomic E-state index is 0.124. The zero-order valence-corrected chi connectivity index (χ0v) is 11.2. The molecule has 0 aliphatic heterocycles. The Labute approximate surface area is 113 Å². The Kier molecular flexibility index (Phi) is 2.90. The maximum Gasteiger partial charge on any atom is 0.266 e. The minimum Gasteiger partial charge on any atom is -0.312 e. The summed E-state index contributed by atoms with van der Waals surface area (Å²) in [6.45, 7) is 0. The van der Waals surface area contributed by atoms with E-state index in [4.69, 9.17) is 0 Å². The molecule has 1 N–H and O–H groups in total. The van der Waals surface area contributed by atoms with Crippen LogP contribution in [0.15, 0.2) is 17.5 Å². The van der Waals surface area contributed by atoms with Crippen LogP contribution in [0.4, 0.5) is 5.00 Å². The highest BCUT2D eigenvalue weighted by Gasteiger charge is 2.23. The van der Waals surface area contributed by atoms with E-state index < -0.39 is 0 Å². The number of nitrogens with zero attached hydrogens (tertiary/aromatic N) is 1. The second-order valence-electron chi connectivity index (χ2n) is 4.10. The van der Waals surface area contributed by atoms with Gasteiger partial charge in [0, 0.05) is 4.88 Å². The molecule has 2 aromatic heterocycles. The van der Waals surface area contributed by atoms with Gasteiger partial charge in [0.25, 0.3) is 5.91 Å². The number of rotatable bonds is 2. The van der Waals surface area contributed by atoms with Crippen molar-refractivity contribution in [2.24, 2.45) is 0 Å². The number of hydrogen-bond acceptors (Lipinski definition) is 4. The standard InChI is InChI=1S/C13H10N2OS2/c14-7-9-8-3-1-4-10(8)18-13(9)15-12(16)11-5-2-6-17-11/h2,5-6H,1,3-4H2,(H,15,16). The van der Waals surface area contributed by atoms with Crippen LogP contribution in [0.3, 0.4) is 0 Å². The van der Waals surface area contributed by atoms with Gasteiger partial charge in [0.15, 0.2) is 0 Å². The first-order valence-corrected chi connectivity index (χ1v) is 7.38. The Hall–Kier alpha value is -1.64. The smallest absolute Gasteiger partial charge is 0.266 e. The normalized spacial score (nSPS) is 13.1.